The summed E-state index contributed by atoms with van der Waals surface area (Å²) in [6, 6.07) is 22.8. The third kappa shape index (κ3) is 3.07. The van der Waals surface area contributed by atoms with Crippen molar-refractivity contribution in [2.45, 2.75) is 12.5 Å². The molecule has 0 aliphatic carbocycles. The monoisotopic (exact) mass is 371 g/mol. The van der Waals surface area contributed by atoms with Crippen LogP contribution in [0.1, 0.15) is 38.7 Å². The summed E-state index contributed by atoms with van der Waals surface area (Å²) in [6.07, 6.45) is -0.351. The Morgan fingerprint density at radius 3 is 1.79 bits per heavy atom. The van der Waals surface area contributed by atoms with E-state index in [1.807, 2.05) is 42.5 Å². The molecular formula is C23H17NO4. The van der Waals surface area contributed by atoms with Gasteiger partial charge < -0.3 is 5.11 Å². The molecule has 0 spiro atoms. The Hall–Kier alpha value is -3.73. The Balaban J connectivity index is 1.71. The van der Waals surface area contributed by atoms with Crippen molar-refractivity contribution < 1.29 is 19.5 Å². The molecule has 28 heavy (non-hydrogen) atoms. The first-order valence-electron chi connectivity index (χ1n) is 8.90. The highest BCUT2D eigenvalue weighted by Gasteiger charge is 2.41. The number of nitrogens with zero attached hydrogens (tertiary/aromatic N) is 1. The largest absolute Gasteiger partial charge is 0.481 e. The van der Waals surface area contributed by atoms with Crippen LogP contribution in [0.15, 0.2) is 78.9 Å². The van der Waals surface area contributed by atoms with Crippen LogP contribution < -0.4 is 0 Å². The lowest BCUT2D eigenvalue weighted by atomic mass is 9.98. The highest BCUT2D eigenvalue weighted by atomic mass is 16.4. The molecule has 0 fully saturated rings. The molecule has 1 atom stereocenters. The highest BCUT2D eigenvalue weighted by Crippen LogP contribution is 2.34. The summed E-state index contributed by atoms with van der Waals surface area (Å²) < 4.78 is 0. The van der Waals surface area contributed by atoms with Crippen LogP contribution in [0.25, 0.3) is 11.1 Å². The second kappa shape index (κ2) is 7.12. The summed E-state index contributed by atoms with van der Waals surface area (Å²) in [7, 11) is 0. The van der Waals surface area contributed by atoms with Crippen molar-refractivity contribution in [3.8, 4) is 11.1 Å². The lowest BCUT2D eigenvalue weighted by Gasteiger charge is -2.25. The first-order chi connectivity index (χ1) is 13.6. The number of benzene rings is 3. The number of hydrogen-bond acceptors (Lipinski definition) is 3. The number of carboxylic acids is 1. The zero-order chi connectivity index (χ0) is 19.7. The summed E-state index contributed by atoms with van der Waals surface area (Å²) in [5, 5.41) is 9.38. The Morgan fingerprint density at radius 2 is 1.25 bits per heavy atom. The van der Waals surface area contributed by atoms with Gasteiger partial charge in [-0.15, -0.1) is 0 Å². The van der Waals surface area contributed by atoms with E-state index in [2.05, 4.69) is 0 Å². The van der Waals surface area contributed by atoms with E-state index in [0.29, 0.717) is 16.7 Å². The van der Waals surface area contributed by atoms with Crippen molar-refractivity contribution in [1.29, 1.82) is 0 Å². The molecule has 1 aliphatic heterocycles. The normalized spacial score (nSPS) is 14.1. The van der Waals surface area contributed by atoms with E-state index in [1.54, 1.807) is 36.4 Å². The van der Waals surface area contributed by atoms with Gasteiger partial charge in [0.15, 0.2) is 0 Å². The minimum atomic E-state index is -1.08. The fourth-order valence-electron chi connectivity index (χ4n) is 3.54. The maximum Gasteiger partial charge on any atom is 0.305 e. The molecule has 0 saturated carbocycles. The molecule has 1 aliphatic rings. The van der Waals surface area contributed by atoms with Crippen LogP contribution in [0.5, 0.6) is 0 Å². The maximum absolute atomic E-state index is 12.8. The smallest absolute Gasteiger partial charge is 0.305 e. The molecule has 0 radical (unpaired) electrons. The SMILES string of the molecule is O=C(O)CC(c1ccc(-c2ccccc2)cc1)N1C(=O)c2ccccc2C1=O. The fourth-order valence-corrected chi connectivity index (χ4v) is 3.54. The number of amides is 2. The summed E-state index contributed by atoms with van der Waals surface area (Å²) in [4.78, 5) is 38.1. The topological polar surface area (TPSA) is 74.7 Å². The summed E-state index contributed by atoms with van der Waals surface area (Å²) >= 11 is 0. The van der Waals surface area contributed by atoms with Crippen molar-refractivity contribution in [2.24, 2.45) is 0 Å². The van der Waals surface area contributed by atoms with Gasteiger partial charge in [-0.05, 0) is 28.8 Å². The van der Waals surface area contributed by atoms with Crippen LogP contribution >= 0.6 is 0 Å². The number of imide groups is 1. The van der Waals surface area contributed by atoms with Gasteiger partial charge >= 0.3 is 5.97 Å². The molecule has 138 valence electrons. The molecule has 0 bridgehead atoms. The van der Waals surface area contributed by atoms with Crippen molar-refractivity contribution in [1.82, 2.24) is 4.90 Å². The van der Waals surface area contributed by atoms with Gasteiger partial charge in [0, 0.05) is 0 Å². The Bertz CT molecular complexity index is 1020. The molecule has 0 saturated heterocycles. The van der Waals surface area contributed by atoms with Gasteiger partial charge in [0.05, 0.1) is 23.6 Å². The standard InChI is InChI=1S/C23H17NO4/c25-21(26)14-20(24-22(27)18-8-4-5-9-19(18)23(24)28)17-12-10-16(11-13-17)15-6-2-1-3-7-15/h1-13,20H,14H2,(H,25,26). The Labute approximate surface area is 161 Å². The van der Waals surface area contributed by atoms with Gasteiger partial charge in [-0.25, -0.2) is 0 Å². The van der Waals surface area contributed by atoms with E-state index in [-0.39, 0.29) is 6.42 Å². The van der Waals surface area contributed by atoms with E-state index in [4.69, 9.17) is 0 Å². The van der Waals surface area contributed by atoms with Crippen molar-refractivity contribution in [2.75, 3.05) is 0 Å². The third-order valence-corrected chi connectivity index (χ3v) is 4.91. The molecule has 3 aromatic carbocycles. The molecule has 1 unspecified atom stereocenters. The molecule has 0 aromatic heterocycles. The third-order valence-electron chi connectivity index (χ3n) is 4.91. The zero-order valence-electron chi connectivity index (χ0n) is 14.9. The number of carbonyl (C=O) groups is 3. The van der Waals surface area contributed by atoms with Gasteiger partial charge in [-0.3, -0.25) is 19.3 Å². The average molecular weight is 371 g/mol. The molecule has 4 rings (SSSR count). The molecular weight excluding hydrogens is 354 g/mol. The molecule has 2 amide bonds. The number of hydrogen-bond donors (Lipinski definition) is 1. The quantitative estimate of drug-likeness (QED) is 0.683. The second-order valence-corrected chi connectivity index (χ2v) is 6.63. The van der Waals surface area contributed by atoms with Crippen LogP contribution in [0, 0.1) is 0 Å². The van der Waals surface area contributed by atoms with E-state index in [0.717, 1.165) is 16.0 Å². The zero-order valence-corrected chi connectivity index (χ0v) is 14.9. The predicted molar refractivity (Wildman–Crippen MR) is 104 cm³/mol. The van der Waals surface area contributed by atoms with Crippen LogP contribution in [0.3, 0.4) is 0 Å². The van der Waals surface area contributed by atoms with Crippen LogP contribution in [0.4, 0.5) is 0 Å². The minimum Gasteiger partial charge on any atom is -0.481 e. The predicted octanol–water partition coefficient (Wildman–Crippen LogP) is 4.17. The molecule has 5 heteroatoms. The van der Waals surface area contributed by atoms with Crippen molar-refractivity contribution in [3.63, 3.8) is 0 Å². The molecule has 1 heterocycles. The number of carbonyl (C=O) groups excluding carboxylic acids is 2. The van der Waals surface area contributed by atoms with Crippen LogP contribution in [-0.2, 0) is 4.79 Å². The number of rotatable bonds is 5. The van der Waals surface area contributed by atoms with E-state index in [9.17, 15) is 19.5 Å². The van der Waals surface area contributed by atoms with Crippen LogP contribution in [0.2, 0.25) is 0 Å². The fraction of sp³-hybridized carbons (Fsp3) is 0.0870. The van der Waals surface area contributed by atoms with Crippen molar-refractivity contribution in [3.05, 3.63) is 95.6 Å². The van der Waals surface area contributed by atoms with Crippen molar-refractivity contribution >= 4 is 17.8 Å². The van der Waals surface area contributed by atoms with E-state index in [1.165, 1.54) is 0 Å². The second-order valence-electron chi connectivity index (χ2n) is 6.63. The first kappa shape index (κ1) is 17.7. The van der Waals surface area contributed by atoms with E-state index < -0.39 is 23.8 Å². The van der Waals surface area contributed by atoms with Gasteiger partial charge in [0.2, 0.25) is 0 Å². The number of fused-ring (bicyclic) bond motifs is 1. The Kier molecular flexibility index (Phi) is 4.49. The summed E-state index contributed by atoms with van der Waals surface area (Å²) in [5.74, 6) is -1.99. The minimum absolute atomic E-state index is 0.309. The average Bonchev–Trinajstić information content (AvgIpc) is 2.98. The Morgan fingerprint density at radius 1 is 0.750 bits per heavy atom. The number of carboxylic acid groups (broad SMARTS) is 1. The first-order valence-corrected chi connectivity index (χ1v) is 8.90. The van der Waals surface area contributed by atoms with Gasteiger partial charge in [-0.2, -0.15) is 0 Å². The molecule has 3 aromatic rings. The lowest BCUT2D eigenvalue weighted by molar-refractivity contribution is -0.138. The summed E-state index contributed by atoms with van der Waals surface area (Å²) in [5.41, 5.74) is 3.23. The maximum atomic E-state index is 12.8. The highest BCUT2D eigenvalue weighted by molar-refractivity contribution is 6.21. The van der Waals surface area contributed by atoms with Gasteiger partial charge in [0.1, 0.15) is 0 Å². The van der Waals surface area contributed by atoms with Crippen LogP contribution in [-0.4, -0.2) is 27.8 Å². The lowest BCUT2D eigenvalue weighted by Crippen LogP contribution is -2.35. The molecule has 5 nitrogen and oxygen atoms in total. The van der Waals surface area contributed by atoms with Gasteiger partial charge in [0.25, 0.3) is 11.8 Å². The molecule has 1 N–H and O–H groups in total. The number of aliphatic carboxylic acids is 1. The summed E-state index contributed by atoms with van der Waals surface area (Å²) in [6.45, 7) is 0. The van der Waals surface area contributed by atoms with Gasteiger partial charge in [-0.1, -0.05) is 66.7 Å². The van der Waals surface area contributed by atoms with E-state index >= 15 is 0 Å².